The third-order valence-corrected chi connectivity index (χ3v) is 8.14. The first kappa shape index (κ1) is 15.0. The van der Waals surface area contributed by atoms with Crippen molar-refractivity contribution in [3.8, 4) is 0 Å². The van der Waals surface area contributed by atoms with Crippen molar-refractivity contribution >= 4 is 24.2 Å². The van der Waals surface area contributed by atoms with Crippen LogP contribution in [0.1, 0.15) is 58.8 Å². The molecule has 0 spiro atoms. The summed E-state index contributed by atoms with van der Waals surface area (Å²) in [6.07, 6.45) is 9.09. The molecule has 3 unspecified atom stereocenters. The van der Waals surface area contributed by atoms with Crippen LogP contribution < -0.4 is 0 Å². The van der Waals surface area contributed by atoms with Gasteiger partial charge in [-0.25, -0.2) is 0 Å². The van der Waals surface area contributed by atoms with Gasteiger partial charge in [0.2, 0.25) is 0 Å². The smallest absolute Gasteiger partial charge is 0.168 e. The van der Waals surface area contributed by atoms with Crippen molar-refractivity contribution in [3.05, 3.63) is 11.6 Å². The summed E-state index contributed by atoms with van der Waals surface area (Å²) in [6.45, 7) is 4.59. The number of hydrogen-bond donors (Lipinski definition) is 1. The molecule has 120 valence electrons. The zero-order valence-electron chi connectivity index (χ0n) is 13.6. The third kappa shape index (κ3) is 1.81. The van der Waals surface area contributed by atoms with Crippen LogP contribution in [0.5, 0.6) is 0 Å². The van der Waals surface area contributed by atoms with Crippen LogP contribution in [0.4, 0.5) is 0 Å². The van der Waals surface area contributed by atoms with E-state index in [0.29, 0.717) is 23.5 Å². The van der Waals surface area contributed by atoms with E-state index < -0.39 is 0 Å². The van der Waals surface area contributed by atoms with Crippen LogP contribution >= 0.6 is 12.6 Å². The molecule has 0 radical (unpaired) electrons. The lowest BCUT2D eigenvalue weighted by Gasteiger charge is -2.57. The van der Waals surface area contributed by atoms with E-state index in [4.69, 9.17) is 0 Å². The fourth-order valence-electron chi connectivity index (χ4n) is 6.39. The second-order valence-corrected chi connectivity index (χ2v) is 9.17. The summed E-state index contributed by atoms with van der Waals surface area (Å²) < 4.78 is 0. The Morgan fingerprint density at radius 3 is 2.55 bits per heavy atom. The summed E-state index contributed by atoms with van der Waals surface area (Å²) >= 11 is 4.54. The van der Waals surface area contributed by atoms with Gasteiger partial charge < -0.3 is 0 Å². The molecule has 3 fully saturated rings. The summed E-state index contributed by atoms with van der Waals surface area (Å²) in [5, 5.41) is -0.133. The van der Waals surface area contributed by atoms with Gasteiger partial charge in [0, 0.05) is 11.8 Å². The minimum atomic E-state index is -0.133. The van der Waals surface area contributed by atoms with Crippen molar-refractivity contribution in [2.24, 2.45) is 28.6 Å². The molecule has 4 aliphatic rings. The lowest BCUT2D eigenvalue weighted by molar-refractivity contribution is -0.132. The molecule has 22 heavy (non-hydrogen) atoms. The first-order valence-electron chi connectivity index (χ1n) is 8.82. The van der Waals surface area contributed by atoms with Crippen molar-refractivity contribution in [2.45, 2.75) is 64.0 Å². The average Bonchev–Trinajstić information content (AvgIpc) is 2.77. The zero-order valence-corrected chi connectivity index (χ0v) is 14.5. The number of rotatable bonds is 0. The highest BCUT2D eigenvalue weighted by atomic mass is 32.1. The Bertz CT molecular complexity index is 580. The molecule has 0 aromatic rings. The maximum atomic E-state index is 12.4. The van der Waals surface area contributed by atoms with E-state index >= 15 is 0 Å². The monoisotopic (exact) mass is 318 g/mol. The second kappa shape index (κ2) is 4.72. The van der Waals surface area contributed by atoms with E-state index in [2.05, 4.69) is 26.5 Å². The van der Waals surface area contributed by atoms with Crippen LogP contribution in [0, 0.1) is 28.6 Å². The minimum absolute atomic E-state index is 0.0520. The fourth-order valence-corrected chi connectivity index (χ4v) is 6.84. The molecule has 0 aliphatic heterocycles. The van der Waals surface area contributed by atoms with E-state index in [1.807, 2.05) is 6.08 Å². The van der Waals surface area contributed by atoms with Gasteiger partial charge in [0.25, 0.3) is 0 Å². The van der Waals surface area contributed by atoms with Crippen LogP contribution in [0.15, 0.2) is 11.6 Å². The molecule has 0 bridgehead atoms. The predicted octanol–water partition coefficient (Wildman–Crippen LogP) is 4.00. The molecule has 0 aromatic heterocycles. The van der Waals surface area contributed by atoms with Gasteiger partial charge in [-0.2, -0.15) is 12.6 Å². The van der Waals surface area contributed by atoms with Gasteiger partial charge >= 0.3 is 0 Å². The number of fused-ring (bicyclic) bond motifs is 5. The molecular formula is C19H26O2S. The van der Waals surface area contributed by atoms with Crippen LogP contribution in [0.3, 0.4) is 0 Å². The number of allylic oxidation sites excluding steroid dienone is 1. The maximum Gasteiger partial charge on any atom is 0.168 e. The summed E-state index contributed by atoms with van der Waals surface area (Å²) in [5.74, 6) is 2.59. The van der Waals surface area contributed by atoms with Gasteiger partial charge in [-0.3, -0.25) is 9.59 Å². The largest absolute Gasteiger partial charge is 0.299 e. The fraction of sp³-hybridized carbons (Fsp3) is 0.789. The Labute approximate surface area is 138 Å². The van der Waals surface area contributed by atoms with Crippen molar-refractivity contribution in [2.75, 3.05) is 0 Å². The average molecular weight is 318 g/mol. The normalized spacial score (nSPS) is 51.0. The van der Waals surface area contributed by atoms with Gasteiger partial charge in [0.15, 0.2) is 5.78 Å². The molecule has 0 aromatic carbocycles. The summed E-state index contributed by atoms with van der Waals surface area (Å²) in [6, 6.07) is 0. The van der Waals surface area contributed by atoms with Gasteiger partial charge in [0.1, 0.15) is 5.78 Å². The molecule has 0 N–H and O–H groups in total. The molecule has 6 atom stereocenters. The molecule has 3 saturated carbocycles. The summed E-state index contributed by atoms with van der Waals surface area (Å²) in [5.41, 5.74) is 1.46. The highest BCUT2D eigenvalue weighted by Crippen LogP contribution is 2.64. The zero-order chi connectivity index (χ0) is 15.7. The number of Topliss-reactive ketones (excluding diaryl/α,β-unsaturated/α-hetero) is 1. The number of ketones is 2. The summed E-state index contributed by atoms with van der Waals surface area (Å²) in [4.78, 5) is 24.4. The third-order valence-electron chi connectivity index (χ3n) is 7.71. The van der Waals surface area contributed by atoms with E-state index in [9.17, 15) is 9.59 Å². The van der Waals surface area contributed by atoms with Crippen LogP contribution in [-0.2, 0) is 9.59 Å². The van der Waals surface area contributed by atoms with E-state index in [1.165, 1.54) is 12.0 Å². The van der Waals surface area contributed by atoms with Gasteiger partial charge in [-0.15, -0.1) is 0 Å². The standard InChI is InChI=1S/C19H26O2S/c1-18-8-7-14-12(13(18)5-6-17(18)21)4-3-11-9-15(20)16(22)10-19(11,14)2/h9,12-14,16,22H,3-8,10H2,1-2H3/t12?,13?,14?,16-,18+,19+/m1/s1. The second-order valence-electron chi connectivity index (χ2n) is 8.54. The Hall–Kier alpha value is -0.570. The first-order valence-corrected chi connectivity index (χ1v) is 9.34. The SMILES string of the molecule is C[C@]12C[C@@H](S)C(=O)C=C1CCC1C2CC[C@]2(C)C(=O)CCC12. The Balaban J connectivity index is 1.71. The van der Waals surface area contributed by atoms with Crippen LogP contribution in [0.25, 0.3) is 0 Å². The molecule has 2 nitrogen and oxygen atoms in total. The van der Waals surface area contributed by atoms with E-state index in [-0.39, 0.29) is 21.9 Å². The highest BCUT2D eigenvalue weighted by molar-refractivity contribution is 7.81. The van der Waals surface area contributed by atoms with Gasteiger partial charge in [0.05, 0.1) is 5.25 Å². The van der Waals surface area contributed by atoms with Crippen molar-refractivity contribution < 1.29 is 9.59 Å². The van der Waals surface area contributed by atoms with E-state index in [1.54, 1.807) is 0 Å². The predicted molar refractivity (Wildman–Crippen MR) is 89.9 cm³/mol. The van der Waals surface area contributed by atoms with Crippen molar-refractivity contribution in [1.29, 1.82) is 0 Å². The Kier molecular flexibility index (Phi) is 3.21. The first-order chi connectivity index (χ1) is 10.4. The van der Waals surface area contributed by atoms with Crippen molar-refractivity contribution in [1.82, 2.24) is 0 Å². The number of hydrogen-bond acceptors (Lipinski definition) is 3. The maximum absolute atomic E-state index is 12.4. The molecule has 4 rings (SSSR count). The molecule has 3 heteroatoms. The quantitative estimate of drug-likeness (QED) is 0.685. The Morgan fingerprint density at radius 1 is 1.05 bits per heavy atom. The lowest BCUT2D eigenvalue weighted by Crippen LogP contribution is -2.51. The molecular weight excluding hydrogens is 292 g/mol. The number of thiol groups is 1. The van der Waals surface area contributed by atoms with Crippen LogP contribution in [0.2, 0.25) is 0 Å². The summed E-state index contributed by atoms with van der Waals surface area (Å²) in [7, 11) is 0. The topological polar surface area (TPSA) is 34.1 Å². The van der Waals surface area contributed by atoms with Gasteiger partial charge in [-0.05, 0) is 67.8 Å². The minimum Gasteiger partial charge on any atom is -0.299 e. The number of carbonyl (C=O) groups is 2. The van der Waals surface area contributed by atoms with Crippen LogP contribution in [-0.4, -0.2) is 16.8 Å². The highest BCUT2D eigenvalue weighted by Gasteiger charge is 2.59. The molecule has 4 aliphatic carbocycles. The number of carbonyl (C=O) groups excluding carboxylic acids is 2. The Morgan fingerprint density at radius 2 is 1.77 bits per heavy atom. The molecule has 0 heterocycles. The van der Waals surface area contributed by atoms with E-state index in [0.717, 1.165) is 38.5 Å². The van der Waals surface area contributed by atoms with Gasteiger partial charge in [-0.1, -0.05) is 19.4 Å². The van der Waals surface area contributed by atoms with Crippen molar-refractivity contribution in [3.63, 3.8) is 0 Å². The lowest BCUT2D eigenvalue weighted by atomic mass is 9.47. The molecule has 0 amide bonds. The molecule has 0 saturated heterocycles.